The third kappa shape index (κ3) is 5.69. The van der Waals surface area contributed by atoms with Crippen molar-refractivity contribution in [1.29, 1.82) is 0 Å². The fraction of sp³-hybridized carbons (Fsp3) is 0.316. The van der Waals surface area contributed by atoms with Gasteiger partial charge in [0, 0.05) is 37.6 Å². The van der Waals surface area contributed by atoms with Crippen LogP contribution in [-0.4, -0.2) is 34.9 Å². The molecule has 132 valence electrons. The van der Waals surface area contributed by atoms with Crippen molar-refractivity contribution in [3.8, 4) is 0 Å². The van der Waals surface area contributed by atoms with Gasteiger partial charge in [-0.1, -0.05) is 18.2 Å². The third-order valence-corrected chi connectivity index (χ3v) is 3.71. The Morgan fingerprint density at radius 1 is 1.16 bits per heavy atom. The number of carbonyl (C=O) groups is 2. The van der Waals surface area contributed by atoms with E-state index in [2.05, 4.69) is 4.98 Å². The Balaban J connectivity index is 2.13. The van der Waals surface area contributed by atoms with Crippen LogP contribution in [0.15, 0.2) is 48.8 Å². The Kier molecular flexibility index (Phi) is 7.10. The maximum absolute atomic E-state index is 12.8. The lowest BCUT2D eigenvalue weighted by molar-refractivity contribution is -0.143. The Labute approximate surface area is 147 Å². The summed E-state index contributed by atoms with van der Waals surface area (Å²) in [7, 11) is 0. The van der Waals surface area contributed by atoms with Gasteiger partial charge in [0.05, 0.1) is 13.0 Å². The van der Waals surface area contributed by atoms with Gasteiger partial charge in [0.25, 0.3) is 5.91 Å². The van der Waals surface area contributed by atoms with Gasteiger partial charge in [-0.25, -0.2) is 0 Å². The summed E-state index contributed by atoms with van der Waals surface area (Å²) in [5, 5.41) is 0. The zero-order valence-corrected chi connectivity index (χ0v) is 14.4. The average molecular weight is 341 g/mol. The predicted octanol–water partition coefficient (Wildman–Crippen LogP) is 2.14. The lowest BCUT2D eigenvalue weighted by Crippen LogP contribution is -2.33. The fourth-order valence-electron chi connectivity index (χ4n) is 2.39. The fourth-order valence-corrected chi connectivity index (χ4v) is 2.39. The molecule has 2 N–H and O–H groups in total. The van der Waals surface area contributed by atoms with Gasteiger partial charge in [-0.3, -0.25) is 14.6 Å². The van der Waals surface area contributed by atoms with Crippen molar-refractivity contribution < 1.29 is 14.3 Å². The molecule has 0 fully saturated rings. The Hall–Kier alpha value is -2.73. The molecule has 0 aliphatic heterocycles. The van der Waals surface area contributed by atoms with Crippen LogP contribution in [0.2, 0.25) is 0 Å². The van der Waals surface area contributed by atoms with E-state index in [4.69, 9.17) is 10.5 Å². The third-order valence-electron chi connectivity index (χ3n) is 3.71. The molecule has 1 amide bonds. The molecular formula is C19H23N3O3. The molecule has 0 saturated heterocycles. The van der Waals surface area contributed by atoms with E-state index < -0.39 is 0 Å². The summed E-state index contributed by atoms with van der Waals surface area (Å²) >= 11 is 0. The maximum Gasteiger partial charge on any atom is 0.307 e. The summed E-state index contributed by atoms with van der Waals surface area (Å²) in [6, 6.07) is 10.9. The lowest BCUT2D eigenvalue weighted by atomic mass is 10.1. The van der Waals surface area contributed by atoms with Gasteiger partial charge in [0.15, 0.2) is 0 Å². The monoisotopic (exact) mass is 341 g/mol. The molecule has 0 aliphatic rings. The molecule has 0 atom stereocenters. The van der Waals surface area contributed by atoms with Crippen molar-refractivity contribution in [2.75, 3.05) is 13.2 Å². The largest absolute Gasteiger partial charge is 0.466 e. The van der Waals surface area contributed by atoms with E-state index in [1.807, 2.05) is 24.3 Å². The van der Waals surface area contributed by atoms with Crippen molar-refractivity contribution in [2.24, 2.45) is 5.73 Å². The number of amides is 1. The van der Waals surface area contributed by atoms with E-state index in [-0.39, 0.29) is 24.8 Å². The zero-order valence-electron chi connectivity index (χ0n) is 14.4. The SMILES string of the molecule is CCOC(=O)CCN(Cc1cccnc1)C(=O)c1ccc(CN)cc1. The van der Waals surface area contributed by atoms with Crippen molar-refractivity contribution in [3.63, 3.8) is 0 Å². The molecule has 2 aromatic rings. The molecule has 6 heteroatoms. The van der Waals surface area contributed by atoms with Gasteiger partial charge >= 0.3 is 5.97 Å². The standard InChI is InChI=1S/C19H23N3O3/c1-2-25-18(23)9-11-22(14-16-4-3-10-21-13-16)19(24)17-7-5-15(12-20)6-8-17/h3-8,10,13H,2,9,11-12,14,20H2,1H3. The molecule has 0 bridgehead atoms. The number of nitrogens with zero attached hydrogens (tertiary/aromatic N) is 2. The molecule has 25 heavy (non-hydrogen) atoms. The van der Waals surface area contributed by atoms with Crippen molar-refractivity contribution in [1.82, 2.24) is 9.88 Å². The molecule has 1 aromatic heterocycles. The van der Waals surface area contributed by atoms with E-state index in [1.165, 1.54) is 0 Å². The number of ether oxygens (including phenoxy) is 1. The summed E-state index contributed by atoms with van der Waals surface area (Å²) in [6.07, 6.45) is 3.54. The van der Waals surface area contributed by atoms with Crippen LogP contribution < -0.4 is 5.73 Å². The number of aromatic nitrogens is 1. The maximum atomic E-state index is 12.8. The summed E-state index contributed by atoms with van der Waals surface area (Å²) in [4.78, 5) is 30.2. The number of pyridine rings is 1. The Morgan fingerprint density at radius 2 is 1.92 bits per heavy atom. The first-order chi connectivity index (χ1) is 12.1. The van der Waals surface area contributed by atoms with E-state index in [9.17, 15) is 9.59 Å². The van der Waals surface area contributed by atoms with Gasteiger partial charge in [0.1, 0.15) is 0 Å². The number of carbonyl (C=O) groups excluding carboxylic acids is 2. The normalized spacial score (nSPS) is 10.3. The van der Waals surface area contributed by atoms with Crippen LogP contribution in [0.1, 0.15) is 34.8 Å². The van der Waals surface area contributed by atoms with Crippen LogP contribution in [0.25, 0.3) is 0 Å². The van der Waals surface area contributed by atoms with Crippen LogP contribution >= 0.6 is 0 Å². The first-order valence-electron chi connectivity index (χ1n) is 8.26. The molecule has 6 nitrogen and oxygen atoms in total. The van der Waals surface area contributed by atoms with Crippen LogP contribution in [0.5, 0.6) is 0 Å². The quantitative estimate of drug-likeness (QED) is 0.744. The van der Waals surface area contributed by atoms with E-state index >= 15 is 0 Å². The predicted molar refractivity (Wildman–Crippen MR) is 94.6 cm³/mol. The van der Waals surface area contributed by atoms with Crippen LogP contribution in [0.3, 0.4) is 0 Å². The summed E-state index contributed by atoms with van der Waals surface area (Å²) < 4.78 is 4.96. The van der Waals surface area contributed by atoms with Gasteiger partial charge in [-0.05, 0) is 36.2 Å². The second-order valence-corrected chi connectivity index (χ2v) is 5.54. The number of rotatable bonds is 8. The van der Waals surface area contributed by atoms with Crippen molar-refractivity contribution >= 4 is 11.9 Å². The molecule has 0 saturated carbocycles. The minimum Gasteiger partial charge on any atom is -0.466 e. The molecule has 1 aromatic carbocycles. The summed E-state index contributed by atoms with van der Waals surface area (Å²) in [6.45, 7) is 3.18. The van der Waals surface area contributed by atoms with Gasteiger partial charge in [-0.2, -0.15) is 0 Å². The number of nitrogens with two attached hydrogens (primary N) is 1. The molecule has 1 heterocycles. The first-order valence-corrected chi connectivity index (χ1v) is 8.26. The average Bonchev–Trinajstić information content (AvgIpc) is 2.65. The Bertz CT molecular complexity index is 687. The molecular weight excluding hydrogens is 318 g/mol. The van der Waals surface area contributed by atoms with Crippen molar-refractivity contribution in [3.05, 3.63) is 65.5 Å². The topological polar surface area (TPSA) is 85.5 Å². The summed E-state index contributed by atoms with van der Waals surface area (Å²) in [5.41, 5.74) is 8.02. The molecule has 0 unspecified atom stereocenters. The van der Waals surface area contributed by atoms with Gasteiger partial charge in [0.2, 0.25) is 0 Å². The highest BCUT2D eigenvalue weighted by atomic mass is 16.5. The highest BCUT2D eigenvalue weighted by Crippen LogP contribution is 2.12. The minimum atomic E-state index is -0.315. The number of hydrogen-bond donors (Lipinski definition) is 1. The van der Waals surface area contributed by atoms with Crippen LogP contribution in [-0.2, 0) is 22.6 Å². The van der Waals surface area contributed by atoms with Crippen molar-refractivity contribution in [2.45, 2.75) is 26.4 Å². The molecule has 0 radical (unpaired) electrons. The Morgan fingerprint density at radius 3 is 2.52 bits per heavy atom. The van der Waals surface area contributed by atoms with Crippen LogP contribution in [0, 0.1) is 0 Å². The summed E-state index contributed by atoms with van der Waals surface area (Å²) in [5.74, 6) is -0.457. The lowest BCUT2D eigenvalue weighted by Gasteiger charge is -2.22. The number of esters is 1. The minimum absolute atomic E-state index is 0.142. The molecule has 0 aliphatic carbocycles. The van der Waals surface area contributed by atoms with Gasteiger partial charge < -0.3 is 15.4 Å². The first kappa shape index (κ1) is 18.6. The number of hydrogen-bond acceptors (Lipinski definition) is 5. The van der Waals surface area contributed by atoms with E-state index in [0.717, 1.165) is 11.1 Å². The highest BCUT2D eigenvalue weighted by Gasteiger charge is 2.18. The van der Waals surface area contributed by atoms with Crippen LogP contribution in [0.4, 0.5) is 0 Å². The second-order valence-electron chi connectivity index (χ2n) is 5.54. The van der Waals surface area contributed by atoms with E-state index in [1.54, 1.807) is 36.4 Å². The second kappa shape index (κ2) is 9.54. The zero-order chi connectivity index (χ0) is 18.1. The van der Waals surface area contributed by atoms with E-state index in [0.29, 0.717) is 25.3 Å². The highest BCUT2D eigenvalue weighted by molar-refractivity contribution is 5.94. The smallest absolute Gasteiger partial charge is 0.307 e. The molecule has 0 spiro atoms. The number of benzene rings is 1. The van der Waals surface area contributed by atoms with Gasteiger partial charge in [-0.15, -0.1) is 0 Å². The molecule has 2 rings (SSSR count).